The molecule has 7 nitrogen and oxygen atoms in total. The number of ether oxygens (including phenoxy) is 3. The molecule has 0 heterocycles. The average Bonchev–Trinajstić information content (AvgIpc) is 2.52. The second-order valence-corrected chi connectivity index (χ2v) is 4.04. The Labute approximate surface area is 126 Å². The van der Waals surface area contributed by atoms with Gasteiger partial charge in [-0.3, -0.25) is 0 Å². The zero-order valence-electron chi connectivity index (χ0n) is 11.6. The fourth-order valence-corrected chi connectivity index (χ4v) is 1.56. The standard InChI is InChI=1S/C13H14ClN3O4/c1-19-12-8-9(3-4-11(12)21-6-5-14)7-10(16-17-15)13(18)20-2/h3-4,7-8H,5-6H2,1-2H3/b10-7-. The molecule has 0 atom stereocenters. The van der Waals surface area contributed by atoms with Gasteiger partial charge in [-0.15, -0.1) is 11.6 Å². The third kappa shape index (κ3) is 4.91. The van der Waals surface area contributed by atoms with E-state index in [0.29, 0.717) is 29.5 Å². The van der Waals surface area contributed by atoms with Crippen molar-refractivity contribution in [2.24, 2.45) is 5.11 Å². The molecule has 0 aromatic heterocycles. The maximum Gasteiger partial charge on any atom is 0.340 e. The number of hydrogen-bond donors (Lipinski definition) is 0. The fourth-order valence-electron chi connectivity index (χ4n) is 1.48. The van der Waals surface area contributed by atoms with Crippen LogP contribution in [0.25, 0.3) is 16.5 Å². The minimum Gasteiger partial charge on any atom is -0.493 e. The van der Waals surface area contributed by atoms with E-state index in [2.05, 4.69) is 14.8 Å². The summed E-state index contributed by atoms with van der Waals surface area (Å²) >= 11 is 5.56. The second kappa shape index (κ2) is 8.73. The predicted molar refractivity (Wildman–Crippen MR) is 78.3 cm³/mol. The summed E-state index contributed by atoms with van der Waals surface area (Å²) in [5.74, 6) is 0.626. The van der Waals surface area contributed by atoms with E-state index in [-0.39, 0.29) is 5.70 Å². The van der Waals surface area contributed by atoms with Gasteiger partial charge >= 0.3 is 5.97 Å². The van der Waals surface area contributed by atoms with Gasteiger partial charge in [-0.1, -0.05) is 11.2 Å². The molecular weight excluding hydrogens is 298 g/mol. The molecule has 1 aromatic carbocycles. The lowest BCUT2D eigenvalue weighted by molar-refractivity contribution is -0.136. The highest BCUT2D eigenvalue weighted by atomic mass is 35.5. The van der Waals surface area contributed by atoms with Crippen LogP contribution in [-0.4, -0.2) is 32.7 Å². The van der Waals surface area contributed by atoms with Gasteiger partial charge in [0, 0.05) is 4.91 Å². The molecule has 0 aliphatic carbocycles. The zero-order valence-corrected chi connectivity index (χ0v) is 12.3. The summed E-state index contributed by atoms with van der Waals surface area (Å²) in [6, 6.07) is 4.99. The van der Waals surface area contributed by atoms with Crippen LogP contribution in [0.15, 0.2) is 29.0 Å². The van der Waals surface area contributed by atoms with Gasteiger partial charge < -0.3 is 14.2 Å². The van der Waals surface area contributed by atoms with E-state index >= 15 is 0 Å². The summed E-state index contributed by atoms with van der Waals surface area (Å²) in [6.45, 7) is 0.346. The van der Waals surface area contributed by atoms with Crippen LogP contribution >= 0.6 is 11.6 Å². The van der Waals surface area contributed by atoms with Crippen LogP contribution in [0.3, 0.4) is 0 Å². The summed E-state index contributed by atoms with van der Waals surface area (Å²) in [6.07, 6.45) is 1.39. The van der Waals surface area contributed by atoms with E-state index in [1.807, 2.05) is 0 Å². The van der Waals surface area contributed by atoms with E-state index in [1.165, 1.54) is 20.3 Å². The van der Waals surface area contributed by atoms with E-state index in [1.54, 1.807) is 18.2 Å². The molecule has 0 amide bonds. The number of methoxy groups -OCH3 is 2. The number of benzene rings is 1. The molecule has 0 fully saturated rings. The molecule has 0 radical (unpaired) electrons. The number of alkyl halides is 1. The maximum atomic E-state index is 11.4. The van der Waals surface area contributed by atoms with Gasteiger partial charge in [-0.25, -0.2) is 4.79 Å². The number of nitrogens with zero attached hydrogens (tertiary/aromatic N) is 3. The highest BCUT2D eigenvalue weighted by Crippen LogP contribution is 2.29. The molecule has 21 heavy (non-hydrogen) atoms. The Balaban J connectivity index is 3.12. The Morgan fingerprint density at radius 3 is 2.76 bits per heavy atom. The first kappa shape index (κ1) is 16.7. The van der Waals surface area contributed by atoms with Gasteiger partial charge in [-0.2, -0.15) is 0 Å². The van der Waals surface area contributed by atoms with Crippen molar-refractivity contribution in [1.29, 1.82) is 0 Å². The lowest BCUT2D eigenvalue weighted by Crippen LogP contribution is -2.02. The van der Waals surface area contributed by atoms with Gasteiger partial charge in [0.15, 0.2) is 11.5 Å². The Bertz CT molecular complexity index is 583. The topological polar surface area (TPSA) is 93.5 Å². The first-order valence-corrected chi connectivity index (χ1v) is 6.41. The van der Waals surface area contributed by atoms with E-state index in [0.717, 1.165) is 0 Å². The van der Waals surface area contributed by atoms with Crippen molar-refractivity contribution in [3.8, 4) is 11.5 Å². The molecule has 112 valence electrons. The number of rotatable bonds is 7. The SMILES string of the molecule is COC(=O)/C(=C/c1ccc(OCCCl)c(OC)c1)N=[N+]=[N-]. The minimum absolute atomic E-state index is 0.156. The van der Waals surface area contributed by atoms with Crippen LogP contribution in [-0.2, 0) is 9.53 Å². The number of halogens is 1. The summed E-state index contributed by atoms with van der Waals surface area (Å²) in [4.78, 5) is 14.0. The number of carbonyl (C=O) groups excluding carboxylic acids is 1. The molecule has 0 bridgehead atoms. The molecule has 0 aliphatic heterocycles. The second-order valence-electron chi connectivity index (χ2n) is 3.66. The van der Waals surface area contributed by atoms with Gasteiger partial charge in [0.05, 0.1) is 20.1 Å². The van der Waals surface area contributed by atoms with Gasteiger partial charge in [0.1, 0.15) is 12.3 Å². The molecule has 0 N–H and O–H groups in total. The third-order valence-corrected chi connectivity index (χ3v) is 2.53. The van der Waals surface area contributed by atoms with Crippen LogP contribution < -0.4 is 9.47 Å². The Kier molecular flexibility index (Phi) is 6.94. The van der Waals surface area contributed by atoms with Crippen LogP contribution in [0.5, 0.6) is 11.5 Å². The lowest BCUT2D eigenvalue weighted by atomic mass is 10.1. The van der Waals surface area contributed by atoms with Crippen molar-refractivity contribution in [2.75, 3.05) is 26.7 Å². The number of esters is 1. The first-order chi connectivity index (χ1) is 10.2. The summed E-state index contributed by atoms with van der Waals surface area (Å²) in [5.41, 5.74) is 8.89. The third-order valence-electron chi connectivity index (χ3n) is 2.37. The molecule has 0 saturated heterocycles. The van der Waals surface area contributed by atoms with Crippen molar-refractivity contribution >= 4 is 23.6 Å². The van der Waals surface area contributed by atoms with Crippen molar-refractivity contribution in [2.45, 2.75) is 0 Å². The quantitative estimate of drug-likeness (QED) is 0.193. The van der Waals surface area contributed by atoms with Gasteiger partial charge in [0.2, 0.25) is 0 Å². The van der Waals surface area contributed by atoms with Crippen LogP contribution in [0.2, 0.25) is 0 Å². The van der Waals surface area contributed by atoms with E-state index < -0.39 is 5.97 Å². The summed E-state index contributed by atoms with van der Waals surface area (Å²) in [5, 5.41) is 3.30. The van der Waals surface area contributed by atoms with Crippen LogP contribution in [0.4, 0.5) is 0 Å². The number of hydrogen-bond acceptors (Lipinski definition) is 5. The van der Waals surface area contributed by atoms with Crippen molar-refractivity contribution in [3.63, 3.8) is 0 Å². The van der Waals surface area contributed by atoms with Crippen molar-refractivity contribution in [3.05, 3.63) is 39.9 Å². The predicted octanol–water partition coefficient (Wildman–Crippen LogP) is 3.14. The highest BCUT2D eigenvalue weighted by molar-refractivity contribution is 6.18. The largest absolute Gasteiger partial charge is 0.493 e. The van der Waals surface area contributed by atoms with Crippen LogP contribution in [0.1, 0.15) is 5.56 Å². The van der Waals surface area contributed by atoms with E-state index in [9.17, 15) is 4.79 Å². The monoisotopic (exact) mass is 311 g/mol. The molecule has 0 aliphatic rings. The fraction of sp³-hybridized carbons (Fsp3) is 0.308. The van der Waals surface area contributed by atoms with Crippen molar-refractivity contribution in [1.82, 2.24) is 0 Å². The highest BCUT2D eigenvalue weighted by Gasteiger charge is 2.09. The Hall–Kier alpha value is -2.37. The number of azide groups is 1. The Morgan fingerprint density at radius 2 is 2.19 bits per heavy atom. The lowest BCUT2D eigenvalue weighted by Gasteiger charge is -2.10. The molecular formula is C13H14ClN3O4. The molecule has 0 spiro atoms. The minimum atomic E-state index is -0.728. The number of carbonyl (C=O) groups is 1. The van der Waals surface area contributed by atoms with E-state index in [4.69, 9.17) is 26.6 Å². The summed E-state index contributed by atoms with van der Waals surface area (Å²) in [7, 11) is 2.69. The van der Waals surface area contributed by atoms with Gasteiger partial charge in [0.25, 0.3) is 0 Å². The van der Waals surface area contributed by atoms with Crippen LogP contribution in [0, 0.1) is 0 Å². The normalized spacial score (nSPS) is 10.5. The molecule has 8 heteroatoms. The molecule has 0 saturated carbocycles. The smallest absolute Gasteiger partial charge is 0.340 e. The van der Waals surface area contributed by atoms with Gasteiger partial charge in [-0.05, 0) is 29.3 Å². The summed E-state index contributed by atoms with van der Waals surface area (Å²) < 4.78 is 15.1. The van der Waals surface area contributed by atoms with Crippen molar-refractivity contribution < 1.29 is 19.0 Å². The molecule has 1 rings (SSSR count). The molecule has 1 aromatic rings. The Morgan fingerprint density at radius 1 is 1.43 bits per heavy atom. The zero-order chi connectivity index (χ0) is 15.7. The molecule has 0 unspecified atom stereocenters. The maximum absolute atomic E-state index is 11.4. The first-order valence-electron chi connectivity index (χ1n) is 5.88. The average molecular weight is 312 g/mol.